The largest absolute Gasteiger partial charge is 0.459 e. The fourth-order valence-electron chi connectivity index (χ4n) is 8.25. The van der Waals surface area contributed by atoms with Gasteiger partial charge in [-0.05, 0) is 138 Å². The highest BCUT2D eigenvalue weighted by Crippen LogP contribution is 2.41. The van der Waals surface area contributed by atoms with Crippen molar-refractivity contribution >= 4 is 36.7 Å². The van der Waals surface area contributed by atoms with E-state index in [4.69, 9.17) is 32.2 Å². The number of allylic oxidation sites excluding steroid dienone is 1. The molecule has 0 saturated carbocycles. The third kappa shape index (κ3) is 13.4. The van der Waals surface area contributed by atoms with Gasteiger partial charge in [-0.2, -0.15) is 0 Å². The van der Waals surface area contributed by atoms with Crippen molar-refractivity contribution in [2.45, 2.75) is 194 Å². The van der Waals surface area contributed by atoms with Gasteiger partial charge in [0.1, 0.15) is 17.8 Å². The number of cyclic esters (lactones) is 1. The molecule has 0 N–H and O–H groups in total. The Kier molecular flexibility index (Phi) is 17.1. The lowest BCUT2D eigenvalue weighted by atomic mass is 9.76. The highest BCUT2D eigenvalue weighted by molar-refractivity contribution is 6.70. The minimum atomic E-state index is -2.25. The van der Waals surface area contributed by atoms with Gasteiger partial charge in [-0.3, -0.25) is 9.59 Å². The Bertz CT molecular complexity index is 1250. The summed E-state index contributed by atoms with van der Waals surface area (Å²) in [6.45, 7) is 35.3. The average Bonchev–Trinajstić information content (AvgIpc) is 3.01. The van der Waals surface area contributed by atoms with E-state index in [-0.39, 0.29) is 30.0 Å². The van der Waals surface area contributed by atoms with Crippen molar-refractivity contribution in [3.8, 4) is 0 Å². The van der Waals surface area contributed by atoms with E-state index in [9.17, 15) is 9.59 Å². The molecule has 0 aromatic rings. The number of carbonyl (C=O) groups excluding carboxylic acids is 2. The molecule has 310 valence electrons. The Balaban J connectivity index is 2.93. The number of rotatable bonds is 12. The molecule has 0 aliphatic carbocycles. The van der Waals surface area contributed by atoms with Crippen LogP contribution in [-0.4, -0.2) is 117 Å². The summed E-state index contributed by atoms with van der Waals surface area (Å²) in [7, 11) is -0.680. The smallest absolute Gasteiger partial charge is 0.311 e. The molecule has 2 rings (SSSR count). The van der Waals surface area contributed by atoms with Crippen molar-refractivity contribution in [3.05, 3.63) is 11.6 Å². The first kappa shape index (κ1) is 48.4. The number of esters is 1. The summed E-state index contributed by atoms with van der Waals surface area (Å²) in [5, 5.41) is 0. The number of hydrogen-bond acceptors (Lipinski definition) is 10. The van der Waals surface area contributed by atoms with Gasteiger partial charge in [0.05, 0.1) is 29.8 Å². The van der Waals surface area contributed by atoms with Gasteiger partial charge in [-0.1, -0.05) is 27.7 Å². The van der Waals surface area contributed by atoms with Crippen LogP contribution in [0.25, 0.3) is 0 Å². The second-order valence-corrected chi connectivity index (χ2v) is 32.8. The van der Waals surface area contributed by atoms with Gasteiger partial charge in [0.15, 0.2) is 37.0 Å². The van der Waals surface area contributed by atoms with E-state index in [0.29, 0.717) is 24.8 Å². The fraction of sp³-hybridized carbons (Fsp3) is 0.900. The van der Waals surface area contributed by atoms with Crippen LogP contribution >= 0.6 is 0 Å². The maximum absolute atomic E-state index is 14.5. The van der Waals surface area contributed by atoms with Crippen LogP contribution in [-0.2, 0) is 41.8 Å². The molecule has 2 aliphatic rings. The number of likely N-dealkylation sites (N-methyl/N-ethyl adjacent to an activating group) is 1. The number of Topliss-reactive ketones (excluding diaryl/α,β-unsaturated/α-hetero) is 1. The third-order valence-electron chi connectivity index (χ3n) is 10.6. The normalized spacial score (nSPS) is 38.6. The monoisotopic (exact) mass is 802 g/mol. The predicted molar refractivity (Wildman–Crippen MR) is 222 cm³/mol. The van der Waals surface area contributed by atoms with Crippen LogP contribution in [0.15, 0.2) is 11.6 Å². The van der Waals surface area contributed by atoms with Crippen LogP contribution < -0.4 is 0 Å². The Morgan fingerprint density at radius 3 is 1.87 bits per heavy atom. The van der Waals surface area contributed by atoms with Crippen molar-refractivity contribution in [3.63, 3.8) is 0 Å². The Hall–Kier alpha value is -0.749. The molecule has 53 heavy (non-hydrogen) atoms. The molecule has 12 atom stereocenters. The van der Waals surface area contributed by atoms with Gasteiger partial charge in [0.2, 0.25) is 0 Å². The van der Waals surface area contributed by atoms with Gasteiger partial charge in [-0.25, -0.2) is 0 Å². The number of carbonyl (C=O) groups is 2. The number of nitrogens with zero attached hydrogens (tertiary/aromatic N) is 1. The molecule has 0 aromatic carbocycles. The minimum Gasteiger partial charge on any atom is -0.459 e. The van der Waals surface area contributed by atoms with Crippen molar-refractivity contribution in [1.29, 1.82) is 0 Å². The number of methoxy groups -OCH3 is 1. The van der Waals surface area contributed by atoms with E-state index in [1.165, 1.54) is 0 Å². The second-order valence-electron chi connectivity index (χ2n) is 19.4. The Labute approximate surface area is 327 Å². The molecule has 1 saturated heterocycles. The van der Waals surface area contributed by atoms with Gasteiger partial charge in [0, 0.05) is 25.0 Å². The lowest BCUT2D eigenvalue weighted by Gasteiger charge is -2.50. The van der Waals surface area contributed by atoms with Gasteiger partial charge >= 0.3 is 5.97 Å². The summed E-state index contributed by atoms with van der Waals surface area (Å²) in [5.74, 6) is -1.82. The molecule has 1 fully saturated rings. The van der Waals surface area contributed by atoms with Gasteiger partial charge in [0.25, 0.3) is 0 Å². The van der Waals surface area contributed by atoms with Gasteiger partial charge in [-0.15, -0.1) is 0 Å². The fourth-order valence-corrected chi connectivity index (χ4v) is 12.1. The molecule has 0 radical (unpaired) electrons. The highest BCUT2D eigenvalue weighted by Gasteiger charge is 2.52. The van der Waals surface area contributed by atoms with Gasteiger partial charge < -0.3 is 37.1 Å². The minimum absolute atomic E-state index is 0.0178. The summed E-state index contributed by atoms with van der Waals surface area (Å²) in [6.07, 6.45) is 1.09. The number of hydrogen-bond donors (Lipinski definition) is 0. The molecule has 10 nitrogen and oxygen atoms in total. The standard InChI is InChI=1S/C40H79NO9Si3/c1-21-30-25-39(7,50-53(18,19)20)32(22-2)46-37(43)29(6)34(48-51(12,13)14)28(5)36(40(8,44-11)24-26(3)33(30)42)47-38-35(49-52(15,16)17)31(41(9)10)23-27(4)45-38/h25-29,31-32,34-36,38H,21-24H2,1-20H3/b30-25+/t26-,27-,28+,29-,31+,32-,34+,35+,36-,38+,39+,40+/m1/s1. The average molecular weight is 802 g/mol. The van der Waals surface area contributed by atoms with Crippen LogP contribution in [0.4, 0.5) is 0 Å². The zero-order chi connectivity index (χ0) is 41.1. The van der Waals surface area contributed by atoms with E-state index in [2.05, 4.69) is 91.8 Å². The van der Waals surface area contributed by atoms with Crippen LogP contribution in [0.1, 0.15) is 81.1 Å². The first-order valence-corrected chi connectivity index (χ1v) is 30.3. The molecule has 2 heterocycles. The van der Waals surface area contributed by atoms with E-state index in [0.717, 1.165) is 6.42 Å². The lowest BCUT2D eigenvalue weighted by molar-refractivity contribution is -0.298. The summed E-state index contributed by atoms with van der Waals surface area (Å²) in [4.78, 5) is 31.2. The molecular formula is C40H79NO9Si3. The maximum atomic E-state index is 14.5. The SMILES string of the molecule is CC/C1=C\[C@](C)(O[Si](C)(C)C)[C@@H](CC)OC(=O)[C@H](C)[C@@H](O[Si](C)(C)C)[C@H](C)[C@@H](O[C@@H]2O[C@H](C)C[C@H](N(C)C)[C@@H]2O[Si](C)(C)C)[C@@](C)(OC)C[C@@H](C)C1=O. The lowest BCUT2D eigenvalue weighted by Crippen LogP contribution is -2.62. The highest BCUT2D eigenvalue weighted by atomic mass is 28.4. The zero-order valence-corrected chi connectivity index (χ0v) is 40.3. The second kappa shape index (κ2) is 18.7. The first-order valence-electron chi connectivity index (χ1n) is 20.1. The van der Waals surface area contributed by atoms with E-state index >= 15 is 0 Å². The maximum Gasteiger partial charge on any atom is 0.311 e. The van der Waals surface area contributed by atoms with Crippen LogP contribution in [0.3, 0.4) is 0 Å². The molecule has 13 heteroatoms. The van der Waals surface area contributed by atoms with Crippen LogP contribution in [0.5, 0.6) is 0 Å². The van der Waals surface area contributed by atoms with Crippen LogP contribution in [0.2, 0.25) is 58.9 Å². The molecule has 0 unspecified atom stereocenters. The van der Waals surface area contributed by atoms with Crippen molar-refractivity contribution in [2.75, 3.05) is 21.2 Å². The molecule has 0 aromatic heterocycles. The van der Waals surface area contributed by atoms with Crippen molar-refractivity contribution in [2.24, 2.45) is 17.8 Å². The topological polar surface area (TPSA) is 102 Å². The van der Waals surface area contributed by atoms with Crippen molar-refractivity contribution < 1.29 is 41.8 Å². The molecule has 2 aliphatic heterocycles. The number of ketones is 1. The van der Waals surface area contributed by atoms with E-state index in [1.807, 2.05) is 47.6 Å². The summed E-state index contributed by atoms with van der Waals surface area (Å²) in [6, 6.07) is 0.0532. The summed E-state index contributed by atoms with van der Waals surface area (Å²) < 4.78 is 47.6. The quantitative estimate of drug-likeness (QED) is 0.141. The zero-order valence-electron chi connectivity index (χ0n) is 37.3. The Morgan fingerprint density at radius 1 is 0.868 bits per heavy atom. The van der Waals surface area contributed by atoms with Crippen LogP contribution in [0, 0.1) is 17.8 Å². The molecule has 0 amide bonds. The number of ether oxygens (including phenoxy) is 4. The molecule has 0 bridgehead atoms. The third-order valence-corrected chi connectivity index (χ3v) is 13.6. The van der Waals surface area contributed by atoms with E-state index in [1.54, 1.807) is 7.11 Å². The molecular weight excluding hydrogens is 723 g/mol. The van der Waals surface area contributed by atoms with E-state index < -0.39 is 78.5 Å². The summed E-state index contributed by atoms with van der Waals surface area (Å²) >= 11 is 0. The van der Waals surface area contributed by atoms with Crippen molar-refractivity contribution in [1.82, 2.24) is 4.90 Å². The Morgan fingerprint density at radius 2 is 1.42 bits per heavy atom. The summed E-state index contributed by atoms with van der Waals surface area (Å²) in [5.41, 5.74) is -1.34. The predicted octanol–water partition coefficient (Wildman–Crippen LogP) is 8.43. The first-order chi connectivity index (χ1) is 24.0. The molecule has 0 spiro atoms.